The fourth-order valence-electron chi connectivity index (χ4n) is 5.65. The van der Waals surface area contributed by atoms with Gasteiger partial charge in [-0.05, 0) is 52.3 Å². The molecule has 4 heteroatoms. The van der Waals surface area contributed by atoms with Crippen molar-refractivity contribution in [3.63, 3.8) is 0 Å². The number of amides is 1. The average Bonchev–Trinajstić information content (AvgIpc) is 2.75. The van der Waals surface area contributed by atoms with Gasteiger partial charge in [0.1, 0.15) is 0 Å². The van der Waals surface area contributed by atoms with Crippen LogP contribution in [0.4, 0.5) is 5.69 Å². The summed E-state index contributed by atoms with van der Waals surface area (Å²) >= 11 is 12.2. The van der Waals surface area contributed by atoms with E-state index in [4.69, 9.17) is 23.2 Å². The Morgan fingerprint density at radius 1 is 0.800 bits per heavy atom. The molecule has 0 spiro atoms. The van der Waals surface area contributed by atoms with Crippen LogP contribution in [0.5, 0.6) is 0 Å². The molecule has 0 heterocycles. The van der Waals surface area contributed by atoms with Crippen LogP contribution in [-0.4, -0.2) is 5.91 Å². The molecular formula is C26H23Cl2NO. The van der Waals surface area contributed by atoms with Gasteiger partial charge in [-0.2, -0.15) is 0 Å². The quantitative estimate of drug-likeness (QED) is 0.466. The number of benzene rings is 3. The molecule has 3 aromatic carbocycles. The van der Waals surface area contributed by atoms with Crippen LogP contribution in [-0.2, 0) is 4.79 Å². The third kappa shape index (κ3) is 2.97. The molecule has 30 heavy (non-hydrogen) atoms. The van der Waals surface area contributed by atoms with Crippen molar-refractivity contribution in [1.82, 2.24) is 0 Å². The third-order valence-electron chi connectivity index (χ3n) is 6.75. The lowest BCUT2D eigenvalue weighted by atomic mass is 9.52. The van der Waals surface area contributed by atoms with Gasteiger partial charge in [0, 0.05) is 17.5 Å². The van der Waals surface area contributed by atoms with Crippen molar-refractivity contribution in [3.8, 4) is 0 Å². The maximum atomic E-state index is 13.7. The molecule has 6 rings (SSSR count). The van der Waals surface area contributed by atoms with Crippen molar-refractivity contribution in [1.29, 1.82) is 0 Å². The molecule has 152 valence electrons. The lowest BCUT2D eigenvalue weighted by Gasteiger charge is -2.51. The summed E-state index contributed by atoms with van der Waals surface area (Å²) in [5.74, 6) is 0.774. The van der Waals surface area contributed by atoms with Gasteiger partial charge < -0.3 is 5.32 Å². The van der Waals surface area contributed by atoms with E-state index in [1.54, 1.807) is 18.2 Å². The largest absolute Gasteiger partial charge is 0.326 e. The van der Waals surface area contributed by atoms with Crippen molar-refractivity contribution in [3.05, 3.63) is 99.0 Å². The Bertz CT molecular complexity index is 1090. The number of anilines is 1. The minimum absolute atomic E-state index is 0.0473. The molecule has 0 radical (unpaired) electrons. The van der Waals surface area contributed by atoms with Crippen LogP contribution in [0.15, 0.2) is 66.7 Å². The first-order chi connectivity index (χ1) is 14.5. The number of hydrogen-bond donors (Lipinski definition) is 1. The van der Waals surface area contributed by atoms with E-state index in [1.165, 1.54) is 22.3 Å². The summed E-state index contributed by atoms with van der Waals surface area (Å²) in [6.07, 6.45) is 0. The Kier molecular flexibility index (Phi) is 4.88. The van der Waals surface area contributed by atoms with Crippen LogP contribution in [0, 0.1) is 17.8 Å². The van der Waals surface area contributed by atoms with E-state index < -0.39 is 0 Å². The summed E-state index contributed by atoms with van der Waals surface area (Å²) in [6.45, 7) is 4.46. The maximum absolute atomic E-state index is 13.7. The van der Waals surface area contributed by atoms with Gasteiger partial charge in [-0.1, -0.05) is 85.6 Å². The predicted molar refractivity (Wildman–Crippen MR) is 123 cm³/mol. The van der Waals surface area contributed by atoms with Gasteiger partial charge in [0.15, 0.2) is 0 Å². The predicted octanol–water partition coefficient (Wildman–Crippen LogP) is 7.11. The molecule has 0 saturated heterocycles. The van der Waals surface area contributed by atoms with Gasteiger partial charge in [-0.3, -0.25) is 4.79 Å². The number of halogens is 2. The molecule has 0 unspecified atom stereocenters. The van der Waals surface area contributed by atoms with Crippen LogP contribution < -0.4 is 5.32 Å². The molecule has 3 aliphatic rings. The van der Waals surface area contributed by atoms with Crippen LogP contribution in [0.25, 0.3) is 0 Å². The van der Waals surface area contributed by atoms with E-state index in [1.807, 2.05) is 0 Å². The second-order valence-electron chi connectivity index (χ2n) is 8.68. The van der Waals surface area contributed by atoms with E-state index in [9.17, 15) is 4.79 Å². The summed E-state index contributed by atoms with van der Waals surface area (Å²) in [5, 5.41) is 4.05. The van der Waals surface area contributed by atoms with E-state index in [2.05, 4.69) is 67.7 Å². The summed E-state index contributed by atoms with van der Waals surface area (Å²) in [4.78, 5) is 13.7. The lowest BCUT2D eigenvalue weighted by Crippen LogP contribution is -2.47. The van der Waals surface area contributed by atoms with Gasteiger partial charge in [-0.25, -0.2) is 0 Å². The van der Waals surface area contributed by atoms with Gasteiger partial charge in [0.2, 0.25) is 5.91 Å². The summed E-state index contributed by atoms with van der Waals surface area (Å²) < 4.78 is 0. The number of rotatable bonds is 3. The Balaban J connectivity index is 1.62. The molecule has 2 nitrogen and oxygen atoms in total. The highest BCUT2D eigenvalue weighted by Gasteiger charge is 2.53. The van der Waals surface area contributed by atoms with Crippen molar-refractivity contribution >= 4 is 34.8 Å². The molecule has 3 aliphatic carbocycles. The van der Waals surface area contributed by atoms with Crippen molar-refractivity contribution in [2.45, 2.75) is 25.7 Å². The van der Waals surface area contributed by atoms with Gasteiger partial charge in [0.25, 0.3) is 0 Å². The van der Waals surface area contributed by atoms with Crippen molar-refractivity contribution in [2.75, 3.05) is 5.32 Å². The second-order valence-corrected chi connectivity index (χ2v) is 9.49. The minimum Gasteiger partial charge on any atom is -0.326 e. The van der Waals surface area contributed by atoms with Crippen LogP contribution in [0.3, 0.4) is 0 Å². The molecule has 1 amide bonds. The first kappa shape index (κ1) is 19.7. The number of nitrogens with one attached hydrogen (secondary N) is 1. The second kappa shape index (κ2) is 7.44. The zero-order chi connectivity index (χ0) is 21.0. The smallest absolute Gasteiger partial charge is 0.228 e. The third-order valence-corrected chi connectivity index (χ3v) is 7.49. The molecule has 0 aliphatic heterocycles. The fourth-order valence-corrected chi connectivity index (χ4v) is 5.94. The number of hydrogen-bond acceptors (Lipinski definition) is 1. The van der Waals surface area contributed by atoms with Gasteiger partial charge >= 0.3 is 0 Å². The Morgan fingerprint density at radius 3 is 1.83 bits per heavy atom. The highest BCUT2D eigenvalue weighted by molar-refractivity contribution is 6.42. The molecule has 1 N–H and O–H groups in total. The van der Waals surface area contributed by atoms with Crippen LogP contribution >= 0.6 is 23.2 Å². The van der Waals surface area contributed by atoms with E-state index in [0.717, 1.165) is 0 Å². The monoisotopic (exact) mass is 435 g/mol. The zero-order valence-corrected chi connectivity index (χ0v) is 18.4. The Morgan fingerprint density at radius 2 is 1.33 bits per heavy atom. The minimum atomic E-state index is -0.144. The van der Waals surface area contributed by atoms with E-state index in [-0.39, 0.29) is 29.6 Å². The van der Waals surface area contributed by atoms with E-state index in [0.29, 0.717) is 21.7 Å². The topological polar surface area (TPSA) is 29.1 Å². The van der Waals surface area contributed by atoms with Gasteiger partial charge in [-0.15, -0.1) is 0 Å². The Hall–Kier alpha value is -2.29. The molecule has 2 atom stereocenters. The maximum Gasteiger partial charge on any atom is 0.228 e. The Labute approximate surface area is 187 Å². The zero-order valence-electron chi connectivity index (χ0n) is 16.9. The summed E-state index contributed by atoms with van der Waals surface area (Å²) in [7, 11) is 0. The average molecular weight is 436 g/mol. The molecule has 2 bridgehead atoms. The first-order valence-electron chi connectivity index (χ1n) is 10.4. The van der Waals surface area contributed by atoms with Crippen molar-refractivity contribution in [2.24, 2.45) is 17.8 Å². The van der Waals surface area contributed by atoms with Crippen LogP contribution in [0.2, 0.25) is 10.0 Å². The molecule has 3 aromatic rings. The summed E-state index contributed by atoms with van der Waals surface area (Å²) in [6, 6.07) is 22.5. The standard InChI is InChI=1S/C26H23Cl2NO/c1-14(2)22-23-16-7-3-5-9-18(16)24(19-10-6-4-8-17(19)23)25(22)26(30)29-15-11-12-20(27)21(28)13-15/h3-14,22-25H,1-2H3,(H,29,30)/t22-,23?,24?,25+/m0/s1. The van der Waals surface area contributed by atoms with E-state index >= 15 is 0 Å². The molecular weight excluding hydrogens is 413 g/mol. The SMILES string of the molecule is CC(C)[C@H]1C2c3ccccc3C(c3ccccc32)[C@@H]1C(=O)Nc1ccc(Cl)c(Cl)c1. The first-order valence-corrected chi connectivity index (χ1v) is 11.2. The number of fused-ring (bicyclic) bond motifs is 1. The van der Waals surface area contributed by atoms with Crippen LogP contribution in [0.1, 0.15) is 47.9 Å². The number of carbonyl (C=O) groups is 1. The molecule has 0 aromatic heterocycles. The highest BCUT2D eigenvalue weighted by Crippen LogP contribution is 2.60. The highest BCUT2D eigenvalue weighted by atomic mass is 35.5. The normalized spacial score (nSPS) is 23.8. The lowest BCUT2D eigenvalue weighted by molar-refractivity contribution is -0.123. The van der Waals surface area contributed by atoms with Gasteiger partial charge in [0.05, 0.1) is 16.0 Å². The molecule has 0 saturated carbocycles. The fraction of sp³-hybridized carbons (Fsp3) is 0.269. The summed E-state index contributed by atoms with van der Waals surface area (Å²) in [5.41, 5.74) is 6.00. The van der Waals surface area contributed by atoms with Crippen molar-refractivity contribution < 1.29 is 4.79 Å². The molecule has 0 fully saturated rings. The number of carbonyl (C=O) groups excluding carboxylic acids is 1.